The monoisotopic (exact) mass is 459 g/mol. The third-order valence-electron chi connectivity index (χ3n) is 5.31. The van der Waals surface area contributed by atoms with Crippen LogP contribution in [-0.2, 0) is 15.4 Å². The van der Waals surface area contributed by atoms with Gasteiger partial charge in [0.1, 0.15) is 21.9 Å². The molecule has 1 unspecified atom stereocenters. The Labute approximate surface area is 182 Å². The Kier molecular flexibility index (Phi) is 4.75. The van der Waals surface area contributed by atoms with Crippen LogP contribution in [0.25, 0.3) is 22.2 Å². The smallest absolute Gasteiger partial charge is 0.258 e. The molecule has 3 aromatic rings. The maximum Gasteiger partial charge on any atom is 0.258 e. The van der Waals surface area contributed by atoms with Gasteiger partial charge in [-0.3, -0.25) is 4.99 Å². The van der Waals surface area contributed by atoms with Crippen LogP contribution in [0.2, 0.25) is 0 Å². The molecule has 0 fully saturated rings. The van der Waals surface area contributed by atoms with E-state index in [0.717, 1.165) is 11.3 Å². The summed E-state index contributed by atoms with van der Waals surface area (Å²) < 4.78 is 44.8. The number of hydrogen-bond acceptors (Lipinski definition) is 9. The van der Waals surface area contributed by atoms with Crippen molar-refractivity contribution in [2.24, 2.45) is 10.7 Å². The number of benzene rings is 1. The molecule has 0 amide bonds. The van der Waals surface area contributed by atoms with Gasteiger partial charge in [-0.1, -0.05) is 0 Å². The van der Waals surface area contributed by atoms with Crippen LogP contribution in [0.1, 0.15) is 31.2 Å². The zero-order valence-corrected chi connectivity index (χ0v) is 18.5. The van der Waals surface area contributed by atoms with Crippen LogP contribution < -0.4 is 5.73 Å². The van der Waals surface area contributed by atoms with Gasteiger partial charge < -0.3 is 10.2 Å². The summed E-state index contributed by atoms with van der Waals surface area (Å²) in [6.45, 7) is 4.52. The van der Waals surface area contributed by atoms with Gasteiger partial charge in [0.05, 0.1) is 27.1 Å². The standard InChI is InChI=1S/C20H18FN5O3S2/c1-19(2)18(23)24-20(3,10-31(19,27)28)15-13(21)8-14(30-15)17-26-25-16(29-17)12-6-4-11(9-22)5-7-12/h4-8H,10H2,1-3H3,(H2,23,24). The molecule has 160 valence electrons. The second kappa shape index (κ2) is 6.96. The maximum absolute atomic E-state index is 14.9. The van der Waals surface area contributed by atoms with E-state index >= 15 is 0 Å². The Bertz CT molecular complexity index is 1350. The Morgan fingerprint density at radius 3 is 2.45 bits per heavy atom. The molecule has 0 bridgehead atoms. The van der Waals surface area contributed by atoms with E-state index in [4.69, 9.17) is 15.4 Å². The molecule has 4 rings (SSSR count). The lowest BCUT2D eigenvalue weighted by Gasteiger charge is -2.37. The Hall–Kier alpha value is -3.10. The zero-order valence-electron chi connectivity index (χ0n) is 16.9. The minimum Gasteiger partial charge on any atom is -0.415 e. The van der Waals surface area contributed by atoms with E-state index in [1.54, 1.807) is 31.2 Å². The lowest BCUT2D eigenvalue weighted by molar-refractivity contribution is 0.486. The van der Waals surface area contributed by atoms with Gasteiger partial charge in [0.25, 0.3) is 5.89 Å². The van der Waals surface area contributed by atoms with Gasteiger partial charge in [0.2, 0.25) is 5.89 Å². The predicted octanol–water partition coefficient (Wildman–Crippen LogP) is 3.26. The third-order valence-corrected chi connectivity index (χ3v) is 9.36. The Balaban J connectivity index is 1.71. The molecule has 11 heteroatoms. The molecule has 0 radical (unpaired) electrons. The van der Waals surface area contributed by atoms with E-state index in [-0.39, 0.29) is 28.2 Å². The first-order valence-corrected chi connectivity index (χ1v) is 11.7. The van der Waals surface area contributed by atoms with Crippen LogP contribution in [0.3, 0.4) is 0 Å². The quantitative estimate of drug-likeness (QED) is 0.635. The molecule has 1 aliphatic heterocycles. The molecule has 0 spiro atoms. The van der Waals surface area contributed by atoms with Crippen LogP contribution in [0.5, 0.6) is 0 Å². The fraction of sp³-hybridized carbons (Fsp3) is 0.300. The van der Waals surface area contributed by atoms with E-state index in [0.29, 0.717) is 16.0 Å². The first-order chi connectivity index (χ1) is 14.5. The molecule has 2 N–H and O–H groups in total. The van der Waals surface area contributed by atoms with Crippen LogP contribution in [0.4, 0.5) is 4.39 Å². The number of rotatable bonds is 3. The molecule has 0 aliphatic carbocycles. The molecule has 8 nitrogen and oxygen atoms in total. The molecule has 2 aromatic heterocycles. The van der Waals surface area contributed by atoms with Crippen molar-refractivity contribution < 1.29 is 17.2 Å². The summed E-state index contributed by atoms with van der Waals surface area (Å²) in [5, 5.41) is 16.9. The summed E-state index contributed by atoms with van der Waals surface area (Å²) in [6, 6.07) is 9.83. The molecule has 3 heterocycles. The maximum atomic E-state index is 14.9. The highest BCUT2D eigenvalue weighted by Crippen LogP contribution is 2.43. The number of nitriles is 1. The largest absolute Gasteiger partial charge is 0.415 e. The fourth-order valence-corrected chi connectivity index (χ4v) is 6.04. The number of thiophene rings is 1. The van der Waals surface area contributed by atoms with Crippen LogP contribution >= 0.6 is 11.3 Å². The van der Waals surface area contributed by atoms with E-state index in [2.05, 4.69) is 15.2 Å². The number of amidine groups is 1. The molecular weight excluding hydrogens is 441 g/mol. The number of hydrogen-bond donors (Lipinski definition) is 1. The summed E-state index contributed by atoms with van der Waals surface area (Å²) in [7, 11) is -3.67. The van der Waals surface area contributed by atoms with Gasteiger partial charge in [-0.25, -0.2) is 12.8 Å². The highest BCUT2D eigenvalue weighted by molar-refractivity contribution is 7.93. The highest BCUT2D eigenvalue weighted by atomic mass is 32.2. The minimum absolute atomic E-state index is 0.0588. The number of aliphatic imine (C=N–C) groups is 1. The SMILES string of the molecule is CC1(c2sc(-c3nnc(-c4ccc(C#N)cc4)o3)cc2F)CS(=O)(=O)C(C)(C)C(N)=N1. The average molecular weight is 460 g/mol. The van der Waals surface area contributed by atoms with Crippen molar-refractivity contribution in [3.8, 4) is 28.3 Å². The van der Waals surface area contributed by atoms with Gasteiger partial charge in [0, 0.05) is 5.56 Å². The number of aromatic nitrogens is 2. The molecule has 0 saturated carbocycles. The Morgan fingerprint density at radius 1 is 1.19 bits per heavy atom. The summed E-state index contributed by atoms with van der Waals surface area (Å²) in [5.41, 5.74) is 5.69. The molecule has 1 aromatic carbocycles. The van der Waals surface area contributed by atoms with Gasteiger partial charge in [-0.2, -0.15) is 5.26 Å². The van der Waals surface area contributed by atoms with E-state index in [1.807, 2.05) is 6.07 Å². The van der Waals surface area contributed by atoms with Crippen molar-refractivity contribution in [2.75, 3.05) is 5.75 Å². The number of nitrogens with two attached hydrogens (primary N) is 1. The van der Waals surface area contributed by atoms with Crippen molar-refractivity contribution in [1.82, 2.24) is 10.2 Å². The van der Waals surface area contributed by atoms with Gasteiger partial charge in [-0.05, 0) is 51.1 Å². The first-order valence-electron chi connectivity index (χ1n) is 9.19. The number of nitrogens with zero attached hydrogens (tertiary/aromatic N) is 4. The molecular formula is C20H18FN5O3S2. The lowest BCUT2D eigenvalue weighted by Crippen LogP contribution is -2.54. The highest BCUT2D eigenvalue weighted by Gasteiger charge is 2.50. The zero-order chi connectivity index (χ0) is 22.6. The van der Waals surface area contributed by atoms with Gasteiger partial charge in [0.15, 0.2) is 9.84 Å². The van der Waals surface area contributed by atoms with Gasteiger partial charge >= 0.3 is 0 Å². The van der Waals surface area contributed by atoms with Crippen molar-refractivity contribution in [3.63, 3.8) is 0 Å². The summed E-state index contributed by atoms with van der Waals surface area (Å²) in [5.74, 6) is -0.742. The fourth-order valence-electron chi connectivity index (χ4n) is 3.23. The topological polar surface area (TPSA) is 135 Å². The first kappa shape index (κ1) is 21.1. The molecule has 31 heavy (non-hydrogen) atoms. The van der Waals surface area contributed by atoms with Crippen molar-refractivity contribution in [3.05, 3.63) is 46.6 Å². The van der Waals surface area contributed by atoms with Crippen LogP contribution in [-0.4, -0.2) is 35.0 Å². The molecule has 0 saturated heterocycles. The second-order valence-electron chi connectivity index (χ2n) is 7.93. The van der Waals surface area contributed by atoms with Crippen molar-refractivity contribution >= 4 is 27.0 Å². The normalized spacial score (nSPS) is 22.0. The lowest BCUT2D eigenvalue weighted by atomic mass is 10.0. The molecule has 1 atom stereocenters. The third kappa shape index (κ3) is 3.41. The predicted molar refractivity (Wildman–Crippen MR) is 115 cm³/mol. The molecule has 1 aliphatic rings. The van der Waals surface area contributed by atoms with E-state index in [9.17, 15) is 12.8 Å². The number of halogens is 1. The minimum atomic E-state index is -3.67. The summed E-state index contributed by atoms with van der Waals surface area (Å²) in [6.07, 6.45) is 0. The van der Waals surface area contributed by atoms with Crippen molar-refractivity contribution in [2.45, 2.75) is 31.1 Å². The Morgan fingerprint density at radius 2 is 1.84 bits per heavy atom. The summed E-state index contributed by atoms with van der Waals surface area (Å²) in [4.78, 5) is 4.83. The summed E-state index contributed by atoms with van der Waals surface area (Å²) >= 11 is 0.994. The van der Waals surface area contributed by atoms with Crippen LogP contribution in [0, 0.1) is 17.1 Å². The second-order valence-corrected chi connectivity index (χ2v) is 11.5. The van der Waals surface area contributed by atoms with E-state index < -0.39 is 25.9 Å². The number of sulfone groups is 1. The van der Waals surface area contributed by atoms with E-state index in [1.165, 1.54) is 19.9 Å². The van der Waals surface area contributed by atoms with Crippen LogP contribution in [0.15, 0.2) is 39.7 Å². The van der Waals surface area contributed by atoms with Gasteiger partial charge in [-0.15, -0.1) is 21.5 Å². The average Bonchev–Trinajstić information content (AvgIpc) is 3.33. The van der Waals surface area contributed by atoms with Crippen molar-refractivity contribution in [1.29, 1.82) is 5.26 Å².